The van der Waals surface area contributed by atoms with Gasteiger partial charge in [-0.05, 0) is 30.5 Å². The number of hydrogen-bond donors (Lipinski definition) is 0. The molecule has 4 aromatic rings. The third-order valence-electron chi connectivity index (χ3n) is 4.73. The maximum Gasteiger partial charge on any atom is 0.258 e. The van der Waals surface area contributed by atoms with Crippen molar-refractivity contribution in [2.75, 3.05) is 0 Å². The van der Waals surface area contributed by atoms with Crippen LogP contribution >= 0.6 is 23.1 Å². The van der Waals surface area contributed by atoms with E-state index in [0.717, 1.165) is 29.0 Å². The van der Waals surface area contributed by atoms with Crippen LogP contribution in [0.25, 0.3) is 4.96 Å². The standard InChI is InChI=1S/C21H23N5O2S2/c1-4-25-18(12-28-17-7-5-15(6-8-17)14(2)3)23-24-21(25)30-13-16-11-19(27)26-9-10-29-20(26)22-16/h5-11,14H,4,12-13H2,1-3H3. The summed E-state index contributed by atoms with van der Waals surface area (Å²) in [6.07, 6.45) is 1.74. The second-order valence-electron chi connectivity index (χ2n) is 7.09. The van der Waals surface area contributed by atoms with E-state index in [1.165, 1.54) is 28.7 Å². The summed E-state index contributed by atoms with van der Waals surface area (Å²) in [6, 6.07) is 9.73. The number of thioether (sulfide) groups is 1. The van der Waals surface area contributed by atoms with Crippen LogP contribution in [0.1, 0.15) is 43.8 Å². The summed E-state index contributed by atoms with van der Waals surface area (Å²) < 4.78 is 9.50. The van der Waals surface area contributed by atoms with Crippen LogP contribution in [0.15, 0.2) is 51.9 Å². The zero-order valence-electron chi connectivity index (χ0n) is 17.1. The molecule has 0 N–H and O–H groups in total. The average molecular weight is 442 g/mol. The lowest BCUT2D eigenvalue weighted by atomic mass is 10.0. The molecule has 3 heterocycles. The molecule has 9 heteroatoms. The van der Waals surface area contributed by atoms with Crippen molar-refractivity contribution >= 4 is 28.1 Å². The van der Waals surface area contributed by atoms with E-state index in [2.05, 4.69) is 48.1 Å². The predicted molar refractivity (Wildman–Crippen MR) is 119 cm³/mol. The van der Waals surface area contributed by atoms with E-state index >= 15 is 0 Å². The van der Waals surface area contributed by atoms with Crippen molar-refractivity contribution in [2.45, 2.75) is 50.8 Å². The molecule has 0 amide bonds. The average Bonchev–Trinajstić information content (AvgIpc) is 3.37. The van der Waals surface area contributed by atoms with Crippen molar-refractivity contribution in [1.82, 2.24) is 24.1 Å². The van der Waals surface area contributed by atoms with Crippen LogP contribution in [0.2, 0.25) is 0 Å². The first-order valence-corrected chi connectivity index (χ1v) is 11.6. The second kappa shape index (κ2) is 9.01. The van der Waals surface area contributed by atoms with Crippen LogP contribution in [0.4, 0.5) is 0 Å². The number of benzene rings is 1. The van der Waals surface area contributed by atoms with Gasteiger partial charge in [-0.2, -0.15) is 0 Å². The summed E-state index contributed by atoms with van der Waals surface area (Å²) in [4.78, 5) is 17.4. The molecule has 0 aliphatic carbocycles. The quantitative estimate of drug-likeness (QED) is 0.378. The second-order valence-corrected chi connectivity index (χ2v) is 8.90. The summed E-state index contributed by atoms with van der Waals surface area (Å²) >= 11 is 2.97. The monoisotopic (exact) mass is 441 g/mol. The Morgan fingerprint density at radius 1 is 1.20 bits per heavy atom. The zero-order chi connectivity index (χ0) is 21.1. The summed E-state index contributed by atoms with van der Waals surface area (Å²) in [5.74, 6) is 2.63. The van der Waals surface area contributed by atoms with Gasteiger partial charge in [-0.1, -0.05) is 37.7 Å². The molecule has 156 valence electrons. The molecular formula is C21H23N5O2S2. The molecule has 0 saturated heterocycles. The van der Waals surface area contributed by atoms with E-state index in [0.29, 0.717) is 23.2 Å². The SMILES string of the molecule is CCn1c(COc2ccc(C(C)C)cc2)nnc1SCc1cc(=O)n2ccsc2n1. The summed E-state index contributed by atoms with van der Waals surface area (Å²) in [7, 11) is 0. The summed E-state index contributed by atoms with van der Waals surface area (Å²) in [5, 5.41) is 11.3. The Morgan fingerprint density at radius 3 is 2.73 bits per heavy atom. The van der Waals surface area contributed by atoms with Gasteiger partial charge in [-0.25, -0.2) is 4.98 Å². The fourth-order valence-corrected chi connectivity index (χ4v) is 4.70. The van der Waals surface area contributed by atoms with Crippen LogP contribution in [-0.4, -0.2) is 24.1 Å². The summed E-state index contributed by atoms with van der Waals surface area (Å²) in [6.45, 7) is 7.48. The van der Waals surface area contributed by atoms with Crippen LogP contribution in [0.5, 0.6) is 5.75 Å². The molecule has 0 aliphatic heterocycles. The molecule has 30 heavy (non-hydrogen) atoms. The summed E-state index contributed by atoms with van der Waals surface area (Å²) in [5.41, 5.74) is 1.96. The highest BCUT2D eigenvalue weighted by atomic mass is 32.2. The Balaban J connectivity index is 1.43. The van der Waals surface area contributed by atoms with Gasteiger partial charge in [0.25, 0.3) is 5.56 Å². The first-order valence-electron chi connectivity index (χ1n) is 9.78. The van der Waals surface area contributed by atoms with Crippen molar-refractivity contribution in [3.05, 3.63) is 69.3 Å². The minimum absolute atomic E-state index is 0.0635. The molecule has 3 aromatic heterocycles. The Bertz CT molecular complexity index is 1190. The third kappa shape index (κ3) is 4.41. The van der Waals surface area contributed by atoms with Gasteiger partial charge in [0.05, 0.1) is 5.69 Å². The number of nitrogens with zero attached hydrogens (tertiary/aromatic N) is 5. The van der Waals surface area contributed by atoms with E-state index in [1.54, 1.807) is 16.7 Å². The van der Waals surface area contributed by atoms with E-state index < -0.39 is 0 Å². The van der Waals surface area contributed by atoms with Gasteiger partial charge in [0.15, 0.2) is 15.9 Å². The van der Waals surface area contributed by atoms with Crippen molar-refractivity contribution < 1.29 is 4.74 Å². The number of fused-ring (bicyclic) bond motifs is 1. The van der Waals surface area contributed by atoms with E-state index in [1.807, 2.05) is 22.1 Å². The third-order valence-corrected chi connectivity index (χ3v) is 6.49. The number of hydrogen-bond acceptors (Lipinski definition) is 7. The molecule has 0 aliphatic rings. The zero-order valence-corrected chi connectivity index (χ0v) is 18.7. The molecule has 0 atom stereocenters. The molecule has 0 bridgehead atoms. The highest BCUT2D eigenvalue weighted by Gasteiger charge is 2.13. The highest BCUT2D eigenvalue weighted by Crippen LogP contribution is 2.23. The van der Waals surface area contributed by atoms with Crippen molar-refractivity contribution in [3.8, 4) is 5.75 Å². The maximum atomic E-state index is 12.1. The van der Waals surface area contributed by atoms with Gasteiger partial charge in [0.1, 0.15) is 12.4 Å². The van der Waals surface area contributed by atoms with Crippen LogP contribution in [0.3, 0.4) is 0 Å². The normalized spacial score (nSPS) is 11.5. The lowest BCUT2D eigenvalue weighted by Crippen LogP contribution is -2.12. The molecule has 0 spiro atoms. The minimum Gasteiger partial charge on any atom is -0.486 e. The molecule has 0 saturated carbocycles. The van der Waals surface area contributed by atoms with Gasteiger partial charge in [0.2, 0.25) is 0 Å². The Kier molecular flexibility index (Phi) is 6.19. The first kappa shape index (κ1) is 20.6. The van der Waals surface area contributed by atoms with Gasteiger partial charge >= 0.3 is 0 Å². The van der Waals surface area contributed by atoms with E-state index in [4.69, 9.17) is 4.74 Å². The largest absolute Gasteiger partial charge is 0.486 e. The number of thiazole rings is 1. The van der Waals surface area contributed by atoms with Gasteiger partial charge in [-0.15, -0.1) is 21.5 Å². The Labute approximate surface area is 182 Å². The van der Waals surface area contributed by atoms with Crippen LogP contribution in [-0.2, 0) is 18.9 Å². The molecule has 0 radical (unpaired) electrons. The smallest absolute Gasteiger partial charge is 0.258 e. The first-order chi connectivity index (χ1) is 14.5. The molecular weight excluding hydrogens is 418 g/mol. The van der Waals surface area contributed by atoms with Crippen molar-refractivity contribution in [2.24, 2.45) is 0 Å². The fourth-order valence-electron chi connectivity index (χ4n) is 3.05. The van der Waals surface area contributed by atoms with E-state index in [9.17, 15) is 4.79 Å². The Hall–Kier alpha value is -2.65. The maximum absolute atomic E-state index is 12.1. The molecule has 0 fully saturated rings. The van der Waals surface area contributed by atoms with Crippen LogP contribution in [0, 0.1) is 0 Å². The highest BCUT2D eigenvalue weighted by molar-refractivity contribution is 7.98. The van der Waals surface area contributed by atoms with Gasteiger partial charge in [0, 0.05) is 29.9 Å². The predicted octanol–water partition coefficient (Wildman–Crippen LogP) is 4.36. The van der Waals surface area contributed by atoms with E-state index in [-0.39, 0.29) is 5.56 Å². The number of ether oxygens (including phenoxy) is 1. The Morgan fingerprint density at radius 2 is 2.00 bits per heavy atom. The minimum atomic E-state index is -0.0635. The molecule has 7 nitrogen and oxygen atoms in total. The number of aromatic nitrogens is 5. The lowest BCUT2D eigenvalue weighted by Gasteiger charge is -2.10. The van der Waals surface area contributed by atoms with Crippen molar-refractivity contribution in [3.63, 3.8) is 0 Å². The molecule has 4 rings (SSSR count). The molecule has 0 unspecified atom stereocenters. The van der Waals surface area contributed by atoms with Crippen LogP contribution < -0.4 is 10.3 Å². The molecule has 1 aromatic carbocycles. The topological polar surface area (TPSA) is 74.3 Å². The number of rotatable bonds is 8. The van der Waals surface area contributed by atoms with Gasteiger partial charge in [-0.3, -0.25) is 9.20 Å². The van der Waals surface area contributed by atoms with Gasteiger partial charge < -0.3 is 9.30 Å². The lowest BCUT2D eigenvalue weighted by molar-refractivity contribution is 0.288. The fraction of sp³-hybridized carbons (Fsp3) is 0.333. The van der Waals surface area contributed by atoms with Crippen molar-refractivity contribution in [1.29, 1.82) is 0 Å².